The van der Waals surface area contributed by atoms with Gasteiger partial charge in [0.05, 0.1) is 10.6 Å². The molecule has 0 aliphatic rings. The molecule has 6 atom stereocenters. The van der Waals surface area contributed by atoms with Crippen LogP contribution < -0.4 is 81.4 Å². The van der Waals surface area contributed by atoms with E-state index in [1.54, 1.807) is 6.07 Å². The van der Waals surface area contributed by atoms with Gasteiger partial charge in [-0.15, -0.1) is 0 Å². The molecule has 350 valence electrons. The topological polar surface area (TPSA) is 542 Å². The van der Waals surface area contributed by atoms with Gasteiger partial charge in [-0.3, -0.25) is 60.5 Å². The third-order valence-corrected chi connectivity index (χ3v) is 8.45. The highest BCUT2D eigenvalue weighted by atomic mass is 16.6. The number of nitro groups is 1. The summed E-state index contributed by atoms with van der Waals surface area (Å²) in [5.74, 6) is -11.2. The summed E-state index contributed by atoms with van der Waals surface area (Å²) in [4.78, 5) is 92.1. The quantitative estimate of drug-likeness (QED) is 0.0146. The summed E-state index contributed by atoms with van der Waals surface area (Å²) in [6.45, 7) is 3.69. The number of primary amides is 1. The number of fused-ring (bicyclic) bond motifs is 1. The number of hydrogen-bond acceptors (Lipinski definition) is 17. The number of aliphatic hydroxyl groups is 1. The fourth-order valence-electron chi connectivity index (χ4n) is 5.50. The molecule has 3 aromatic rings. The maximum atomic E-state index is 14.1. The number of carbonyl (C=O) groups is 6. The molecule has 1 heterocycles. The molecule has 32 heteroatoms. The van der Waals surface area contributed by atoms with Gasteiger partial charge in [0.1, 0.15) is 6.04 Å². The van der Waals surface area contributed by atoms with Crippen LogP contribution in [0.15, 0.2) is 47.1 Å². The number of guanidine groups is 4. The molecule has 65 heavy (non-hydrogen) atoms. The Labute approximate surface area is 366 Å². The minimum Gasteiger partial charge on any atom is -0.370 e. The standard InChI is InChI=1S/C33H48N22O10/c1-12(2)10-11-54(14-8-9-15(55(63)64)18-17(14)52-65-53-18)29(62)28(61)43-16(13-6-4-3-5-7-13)24(57)45-21(49-31(37)38)26(59)47-23(51-33(41)42)27(60)46-22(50-32(39)40)25(58)44-20(19(34)56)48-30(35)36/h3-9,12,16,20-23,29,62H,10-11H2,1-2H3,(H2,34,56)(H,43,61)(H,44,58)(H,45,57)(H,46,60)(H,47,59)(H4,35,36,48)(H4,37,38,49)(H4,39,40,50)(H4,41,42,51). The van der Waals surface area contributed by atoms with E-state index in [4.69, 9.17) is 54.9 Å². The molecular formula is C33H48N22O10. The smallest absolute Gasteiger partial charge is 0.300 e. The van der Waals surface area contributed by atoms with Crippen LogP contribution in [0.3, 0.4) is 0 Å². The normalized spacial score (nSPS) is 13.5. The van der Waals surface area contributed by atoms with E-state index in [0.29, 0.717) is 6.42 Å². The zero-order valence-corrected chi connectivity index (χ0v) is 34.3. The summed E-state index contributed by atoms with van der Waals surface area (Å²) in [6.07, 6.45) is -9.75. The summed E-state index contributed by atoms with van der Waals surface area (Å²) >= 11 is 0. The number of nitrogens with zero attached hydrogens (tertiary/aromatic N) is 4. The molecule has 0 fully saturated rings. The van der Waals surface area contributed by atoms with Crippen molar-refractivity contribution in [1.82, 2.24) is 58.2 Å². The van der Waals surface area contributed by atoms with Crippen LogP contribution in [-0.4, -0.2) is 117 Å². The van der Waals surface area contributed by atoms with E-state index in [1.807, 2.05) is 29.8 Å². The zero-order valence-electron chi connectivity index (χ0n) is 34.3. The van der Waals surface area contributed by atoms with E-state index in [9.17, 15) is 44.0 Å². The number of nitrogens with two attached hydrogens (primary N) is 5. The number of benzene rings is 2. The Morgan fingerprint density at radius 2 is 1.11 bits per heavy atom. The predicted molar refractivity (Wildman–Crippen MR) is 226 cm³/mol. The number of nitrogens with one attached hydrogen (secondary N) is 13. The van der Waals surface area contributed by atoms with Crippen LogP contribution in [0.4, 0.5) is 11.4 Å². The zero-order chi connectivity index (χ0) is 48.7. The van der Waals surface area contributed by atoms with Crippen LogP contribution in [0.2, 0.25) is 0 Å². The van der Waals surface area contributed by atoms with Crippen LogP contribution in [0.5, 0.6) is 0 Å². The van der Waals surface area contributed by atoms with Crippen molar-refractivity contribution in [3.63, 3.8) is 0 Å². The lowest BCUT2D eigenvalue weighted by Gasteiger charge is -2.31. The van der Waals surface area contributed by atoms with Gasteiger partial charge in [0.2, 0.25) is 17.7 Å². The number of non-ortho nitro benzene ring substituents is 1. The fourth-order valence-corrected chi connectivity index (χ4v) is 5.50. The number of amides is 6. The molecule has 0 saturated heterocycles. The van der Waals surface area contributed by atoms with Crippen molar-refractivity contribution in [3.05, 3.63) is 58.1 Å². The van der Waals surface area contributed by atoms with Gasteiger partial charge in [0.15, 0.2) is 54.0 Å². The van der Waals surface area contributed by atoms with Crippen molar-refractivity contribution >= 4 is 81.7 Å². The van der Waals surface area contributed by atoms with Crippen LogP contribution >= 0.6 is 0 Å². The number of anilines is 1. The van der Waals surface area contributed by atoms with Crippen molar-refractivity contribution in [3.8, 4) is 0 Å². The van der Waals surface area contributed by atoms with Crippen LogP contribution in [-0.2, 0) is 28.8 Å². The SMILES string of the molecule is CC(C)CCN(c1ccc([N+](=O)[O-])c2nonc12)C(O)C(=O)NC(C(=O)NC(NC(=N)N)C(=O)NC(NC(=N)N)C(=O)NC(NC(=N)N)C(=O)NC(NC(=N)N)C(N)=O)c1ccccc1. The highest BCUT2D eigenvalue weighted by molar-refractivity contribution is 6.00. The number of aliphatic hydroxyl groups excluding tert-OH is 1. The molecular weight excluding hydrogens is 865 g/mol. The molecule has 0 radical (unpaired) electrons. The second-order valence-corrected chi connectivity index (χ2v) is 13.8. The number of nitro benzene ring substituents is 1. The van der Waals surface area contributed by atoms with Crippen molar-refractivity contribution < 1.29 is 43.4 Å². The van der Waals surface area contributed by atoms with Gasteiger partial charge in [0.25, 0.3) is 29.5 Å². The molecule has 0 aliphatic carbocycles. The van der Waals surface area contributed by atoms with Gasteiger partial charge in [0, 0.05) is 12.6 Å². The van der Waals surface area contributed by atoms with E-state index < -0.39 is 107 Å². The average molecular weight is 913 g/mol. The van der Waals surface area contributed by atoms with E-state index >= 15 is 0 Å². The Bertz CT molecular complexity index is 2310. The monoisotopic (exact) mass is 912 g/mol. The predicted octanol–water partition coefficient (Wildman–Crippen LogP) is -6.65. The van der Waals surface area contributed by atoms with Gasteiger partial charge < -0.3 is 86.5 Å². The second kappa shape index (κ2) is 22.7. The lowest BCUT2D eigenvalue weighted by Crippen LogP contribution is -2.68. The first-order chi connectivity index (χ1) is 30.5. The Kier molecular flexibility index (Phi) is 17.5. The Morgan fingerprint density at radius 3 is 1.55 bits per heavy atom. The fraction of sp³-hybridized carbons (Fsp3) is 0.333. The number of aromatic nitrogens is 2. The molecule has 2 aromatic carbocycles. The maximum Gasteiger partial charge on any atom is 0.300 e. The second-order valence-electron chi connectivity index (χ2n) is 13.8. The summed E-state index contributed by atoms with van der Waals surface area (Å²) in [5, 5.41) is 79.9. The molecule has 0 aliphatic heterocycles. The van der Waals surface area contributed by atoms with Gasteiger partial charge in [-0.2, -0.15) is 0 Å². The first-order valence-corrected chi connectivity index (χ1v) is 18.6. The molecule has 24 N–H and O–H groups in total. The lowest BCUT2D eigenvalue weighted by atomic mass is 10.1. The highest BCUT2D eigenvalue weighted by Crippen LogP contribution is 2.32. The molecule has 6 amide bonds. The van der Waals surface area contributed by atoms with E-state index in [0.717, 1.165) is 11.0 Å². The minimum atomic E-state index is -2.11. The summed E-state index contributed by atoms with van der Waals surface area (Å²) < 4.78 is 4.75. The van der Waals surface area contributed by atoms with Crippen molar-refractivity contribution in [1.29, 1.82) is 21.6 Å². The molecule has 3 rings (SSSR count). The number of hydrogen-bond donors (Lipinski definition) is 19. The number of rotatable bonds is 22. The van der Waals surface area contributed by atoms with E-state index in [-0.39, 0.29) is 34.7 Å². The highest BCUT2D eigenvalue weighted by Gasteiger charge is 2.36. The third kappa shape index (κ3) is 14.5. The summed E-state index contributed by atoms with van der Waals surface area (Å²) in [5.41, 5.74) is 25.9. The molecule has 0 bridgehead atoms. The van der Waals surface area contributed by atoms with Crippen LogP contribution in [0.1, 0.15) is 31.9 Å². The van der Waals surface area contributed by atoms with Gasteiger partial charge >= 0.3 is 5.69 Å². The molecule has 1 aromatic heterocycles. The van der Waals surface area contributed by atoms with Crippen LogP contribution in [0, 0.1) is 37.7 Å². The molecule has 0 spiro atoms. The molecule has 6 unspecified atom stereocenters. The first-order valence-electron chi connectivity index (χ1n) is 18.6. The Hall–Kier alpha value is -9.10. The largest absolute Gasteiger partial charge is 0.370 e. The van der Waals surface area contributed by atoms with Crippen LogP contribution in [0.25, 0.3) is 11.0 Å². The maximum absolute atomic E-state index is 14.1. The molecule has 0 saturated carbocycles. The minimum absolute atomic E-state index is 0.0138. The summed E-state index contributed by atoms with van der Waals surface area (Å²) in [7, 11) is 0. The van der Waals surface area contributed by atoms with Crippen molar-refractivity contribution in [2.75, 3.05) is 11.4 Å². The Balaban J connectivity index is 1.94. The lowest BCUT2D eigenvalue weighted by molar-refractivity contribution is -0.383. The van der Waals surface area contributed by atoms with Gasteiger partial charge in [-0.05, 0) is 34.3 Å². The first kappa shape index (κ1) is 50.3. The van der Waals surface area contributed by atoms with Crippen molar-refractivity contribution in [2.24, 2.45) is 34.6 Å². The summed E-state index contributed by atoms with van der Waals surface area (Å²) in [6, 6.07) is 7.96. The molecule has 32 nitrogen and oxygen atoms in total. The van der Waals surface area contributed by atoms with Gasteiger partial charge in [-0.25, -0.2) is 4.63 Å². The number of carbonyl (C=O) groups excluding carboxylic acids is 6. The van der Waals surface area contributed by atoms with E-state index in [2.05, 4.69) is 42.2 Å². The van der Waals surface area contributed by atoms with E-state index in [1.165, 1.54) is 30.3 Å². The van der Waals surface area contributed by atoms with Gasteiger partial charge in [-0.1, -0.05) is 44.2 Å². The average Bonchev–Trinajstić information content (AvgIpc) is 3.71. The van der Waals surface area contributed by atoms with Crippen molar-refractivity contribution in [2.45, 2.75) is 57.2 Å². The third-order valence-electron chi connectivity index (χ3n) is 8.45. The Morgan fingerprint density at radius 1 is 0.662 bits per heavy atom.